The lowest BCUT2D eigenvalue weighted by Gasteiger charge is -2.26. The molecule has 1 aliphatic heterocycles. The maximum Gasteiger partial charge on any atom is 0.255 e. The molecule has 1 fully saturated rings. The smallest absolute Gasteiger partial charge is 0.255 e. The van der Waals surface area contributed by atoms with Crippen LogP contribution in [0, 0.1) is 0 Å². The quantitative estimate of drug-likeness (QED) is 0.695. The Morgan fingerprint density at radius 3 is 2.33 bits per heavy atom. The van der Waals surface area contributed by atoms with Gasteiger partial charge in [-0.25, -0.2) is 8.42 Å². The molecule has 0 radical (unpaired) electrons. The fraction of sp³-hybridized carbons (Fsp3) is 0.333. The zero-order valence-electron chi connectivity index (χ0n) is 16.8. The summed E-state index contributed by atoms with van der Waals surface area (Å²) in [7, 11) is -1.38. The van der Waals surface area contributed by atoms with E-state index in [1.54, 1.807) is 42.5 Å². The van der Waals surface area contributed by atoms with Gasteiger partial charge in [0.05, 0.1) is 24.3 Å². The summed E-state index contributed by atoms with van der Waals surface area (Å²) in [5.41, 5.74) is 1.62. The molecule has 0 spiro atoms. The number of nitrogens with zero attached hydrogens (tertiary/aromatic N) is 1. The minimum absolute atomic E-state index is 0.146. The average molecular weight is 432 g/mol. The Morgan fingerprint density at radius 2 is 1.67 bits per heavy atom. The summed E-state index contributed by atoms with van der Waals surface area (Å²) >= 11 is 0. The van der Waals surface area contributed by atoms with E-state index >= 15 is 0 Å². The summed E-state index contributed by atoms with van der Waals surface area (Å²) in [6.07, 6.45) is 0.274. The number of carbonyl (C=O) groups is 2. The predicted molar refractivity (Wildman–Crippen MR) is 116 cm³/mol. The average Bonchev–Trinajstić information content (AvgIpc) is 2.74. The number of anilines is 2. The van der Waals surface area contributed by atoms with Gasteiger partial charge < -0.3 is 20.3 Å². The molecule has 0 atom stereocenters. The van der Waals surface area contributed by atoms with Crippen LogP contribution in [0.4, 0.5) is 11.4 Å². The lowest BCUT2D eigenvalue weighted by molar-refractivity contribution is -0.116. The largest absolute Gasteiger partial charge is 0.495 e. The Kier molecular flexibility index (Phi) is 7.07. The topological polar surface area (TPSA) is 105 Å². The van der Waals surface area contributed by atoms with Gasteiger partial charge in [0.1, 0.15) is 5.75 Å². The number of methoxy groups -OCH3 is 1. The van der Waals surface area contributed by atoms with Crippen LogP contribution in [-0.4, -0.2) is 63.4 Å². The molecule has 9 heteroatoms. The molecule has 2 amide bonds. The van der Waals surface area contributed by atoms with Crippen LogP contribution >= 0.6 is 0 Å². The molecule has 2 aromatic carbocycles. The first-order valence-electron chi connectivity index (χ1n) is 9.63. The fourth-order valence-electron chi connectivity index (χ4n) is 3.10. The van der Waals surface area contributed by atoms with Crippen molar-refractivity contribution in [3.8, 4) is 5.75 Å². The first kappa shape index (κ1) is 21.8. The molecule has 8 nitrogen and oxygen atoms in total. The van der Waals surface area contributed by atoms with E-state index in [-0.39, 0.29) is 29.7 Å². The number of rotatable bonds is 7. The van der Waals surface area contributed by atoms with Gasteiger partial charge in [-0.05, 0) is 36.4 Å². The number of sulfone groups is 1. The second kappa shape index (κ2) is 9.73. The monoisotopic (exact) mass is 431 g/mol. The highest BCUT2D eigenvalue weighted by Gasteiger charge is 2.21. The second-order valence-corrected chi connectivity index (χ2v) is 9.33. The Bertz CT molecular complexity index is 992. The van der Waals surface area contributed by atoms with Crippen molar-refractivity contribution in [3.63, 3.8) is 0 Å². The first-order valence-corrected chi connectivity index (χ1v) is 11.5. The number of amides is 2. The predicted octanol–water partition coefficient (Wildman–Crippen LogP) is 2.01. The van der Waals surface area contributed by atoms with Crippen molar-refractivity contribution in [1.29, 1.82) is 0 Å². The summed E-state index contributed by atoms with van der Waals surface area (Å²) in [6, 6.07) is 13.7. The van der Waals surface area contributed by atoms with Crippen molar-refractivity contribution >= 4 is 33.0 Å². The number of nitrogens with one attached hydrogen (secondary N) is 2. The van der Waals surface area contributed by atoms with Gasteiger partial charge in [-0.1, -0.05) is 12.1 Å². The van der Waals surface area contributed by atoms with E-state index in [0.717, 1.165) is 0 Å². The van der Waals surface area contributed by atoms with Gasteiger partial charge in [-0.3, -0.25) is 9.59 Å². The maximum absolute atomic E-state index is 12.4. The molecule has 0 aromatic heterocycles. The van der Waals surface area contributed by atoms with Crippen molar-refractivity contribution in [2.45, 2.75) is 6.42 Å². The van der Waals surface area contributed by atoms with Crippen LogP contribution in [0.2, 0.25) is 0 Å². The molecular formula is C21H25N3O5S. The number of ether oxygens (including phenoxy) is 1. The van der Waals surface area contributed by atoms with Crippen LogP contribution in [-0.2, 0) is 14.6 Å². The van der Waals surface area contributed by atoms with Crippen LogP contribution in [0.25, 0.3) is 0 Å². The third kappa shape index (κ3) is 6.04. The molecule has 1 heterocycles. The summed E-state index contributed by atoms with van der Waals surface area (Å²) in [6.45, 7) is 1.44. The van der Waals surface area contributed by atoms with Gasteiger partial charge in [0.15, 0.2) is 9.84 Å². The maximum atomic E-state index is 12.4. The van der Waals surface area contributed by atoms with E-state index in [2.05, 4.69) is 10.6 Å². The summed E-state index contributed by atoms with van der Waals surface area (Å²) in [5.74, 6) is 0.424. The van der Waals surface area contributed by atoms with E-state index in [1.807, 2.05) is 11.0 Å². The van der Waals surface area contributed by atoms with Crippen LogP contribution < -0.4 is 15.4 Å². The van der Waals surface area contributed by atoms with Crippen LogP contribution in [0.1, 0.15) is 16.8 Å². The molecule has 1 aliphatic rings. The van der Waals surface area contributed by atoms with Crippen LogP contribution in [0.15, 0.2) is 48.5 Å². The van der Waals surface area contributed by atoms with Crippen molar-refractivity contribution in [2.24, 2.45) is 0 Å². The minimum atomic E-state index is -2.92. The molecule has 0 saturated carbocycles. The fourth-order valence-corrected chi connectivity index (χ4v) is 4.38. The molecule has 30 heavy (non-hydrogen) atoms. The molecule has 0 bridgehead atoms. The molecular weight excluding hydrogens is 406 g/mol. The number of para-hydroxylation sites is 2. The number of benzene rings is 2. The van der Waals surface area contributed by atoms with E-state index in [4.69, 9.17) is 4.74 Å². The first-order chi connectivity index (χ1) is 14.4. The van der Waals surface area contributed by atoms with Crippen molar-refractivity contribution in [3.05, 3.63) is 54.1 Å². The van der Waals surface area contributed by atoms with E-state index in [0.29, 0.717) is 42.3 Å². The second-order valence-electron chi connectivity index (χ2n) is 7.02. The highest BCUT2D eigenvalue weighted by Crippen LogP contribution is 2.23. The molecule has 1 saturated heterocycles. The summed E-state index contributed by atoms with van der Waals surface area (Å²) < 4.78 is 28.1. The Labute approximate surface area is 176 Å². The van der Waals surface area contributed by atoms with Gasteiger partial charge in [-0.2, -0.15) is 0 Å². The van der Waals surface area contributed by atoms with Crippen LogP contribution in [0.3, 0.4) is 0 Å². The van der Waals surface area contributed by atoms with E-state index in [1.165, 1.54) is 7.11 Å². The molecule has 160 valence electrons. The molecule has 0 aliphatic carbocycles. The highest BCUT2D eigenvalue weighted by atomic mass is 32.2. The standard InChI is InChI=1S/C21H25N3O5S/c1-29-19-5-3-2-4-18(19)23-21(26)16-6-8-17(9-7-16)22-20(25)10-11-24-12-14-30(27,28)15-13-24/h2-9H,10-15H2,1H3,(H,22,25)(H,23,26). The van der Waals surface area contributed by atoms with Gasteiger partial charge in [0, 0.05) is 37.3 Å². The highest BCUT2D eigenvalue weighted by molar-refractivity contribution is 7.91. The Hall–Kier alpha value is -2.91. The van der Waals surface area contributed by atoms with Crippen molar-refractivity contribution < 1.29 is 22.7 Å². The lowest BCUT2D eigenvalue weighted by Crippen LogP contribution is -2.41. The third-order valence-electron chi connectivity index (χ3n) is 4.88. The lowest BCUT2D eigenvalue weighted by atomic mass is 10.2. The van der Waals surface area contributed by atoms with Gasteiger partial charge in [0.25, 0.3) is 5.91 Å². The third-order valence-corrected chi connectivity index (χ3v) is 6.49. The minimum Gasteiger partial charge on any atom is -0.495 e. The zero-order valence-corrected chi connectivity index (χ0v) is 17.6. The molecule has 0 unspecified atom stereocenters. The van der Waals surface area contributed by atoms with Crippen LogP contribution in [0.5, 0.6) is 5.75 Å². The normalized spacial score (nSPS) is 15.9. The molecule has 2 aromatic rings. The number of hydrogen-bond donors (Lipinski definition) is 2. The van der Waals surface area contributed by atoms with E-state index in [9.17, 15) is 18.0 Å². The van der Waals surface area contributed by atoms with Crippen molar-refractivity contribution in [1.82, 2.24) is 4.90 Å². The molecule has 2 N–H and O–H groups in total. The molecule has 3 rings (SSSR count). The summed E-state index contributed by atoms with van der Waals surface area (Å²) in [5, 5.41) is 5.60. The zero-order chi connectivity index (χ0) is 21.6. The number of carbonyl (C=O) groups excluding carboxylic acids is 2. The van der Waals surface area contributed by atoms with Gasteiger partial charge in [-0.15, -0.1) is 0 Å². The number of hydrogen-bond acceptors (Lipinski definition) is 6. The van der Waals surface area contributed by atoms with E-state index < -0.39 is 9.84 Å². The Morgan fingerprint density at radius 1 is 1.00 bits per heavy atom. The van der Waals surface area contributed by atoms with Crippen molar-refractivity contribution in [2.75, 3.05) is 48.9 Å². The SMILES string of the molecule is COc1ccccc1NC(=O)c1ccc(NC(=O)CCN2CCS(=O)(=O)CC2)cc1. The van der Waals surface area contributed by atoms with Gasteiger partial charge in [0.2, 0.25) is 5.91 Å². The Balaban J connectivity index is 1.49. The van der Waals surface area contributed by atoms with Gasteiger partial charge >= 0.3 is 0 Å². The summed E-state index contributed by atoms with van der Waals surface area (Å²) in [4.78, 5) is 26.6.